The summed E-state index contributed by atoms with van der Waals surface area (Å²) < 4.78 is 34.1. The fourth-order valence-electron chi connectivity index (χ4n) is 3.44. The van der Waals surface area contributed by atoms with Gasteiger partial charge in [0.25, 0.3) is 5.56 Å². The molecule has 0 spiro atoms. The van der Waals surface area contributed by atoms with Crippen LogP contribution < -0.4 is 10.9 Å². The lowest BCUT2D eigenvalue weighted by Crippen LogP contribution is -2.46. The van der Waals surface area contributed by atoms with Crippen molar-refractivity contribution in [2.45, 2.75) is 77.6 Å². The van der Waals surface area contributed by atoms with Gasteiger partial charge in [0.1, 0.15) is 12.3 Å². The van der Waals surface area contributed by atoms with Gasteiger partial charge in [-0.1, -0.05) is 34.6 Å². The lowest BCUT2D eigenvalue weighted by Gasteiger charge is -2.39. The van der Waals surface area contributed by atoms with E-state index in [0.29, 0.717) is 6.42 Å². The predicted molar refractivity (Wildman–Crippen MR) is 145 cm³/mol. The summed E-state index contributed by atoms with van der Waals surface area (Å²) in [6, 6.07) is 0. The van der Waals surface area contributed by atoms with Crippen molar-refractivity contribution in [3.63, 3.8) is 0 Å². The van der Waals surface area contributed by atoms with Crippen LogP contribution in [-0.4, -0.2) is 71.3 Å². The molecule has 1 saturated heterocycles. The van der Waals surface area contributed by atoms with E-state index in [1.807, 2.05) is 0 Å². The summed E-state index contributed by atoms with van der Waals surface area (Å²) in [4.78, 5) is 36.0. The Morgan fingerprint density at radius 3 is 2.62 bits per heavy atom. The lowest BCUT2D eigenvalue weighted by atomic mass is 10.2. The molecule has 0 aromatic carbocycles. The number of hydrogen-bond acceptors (Lipinski definition) is 8. The van der Waals surface area contributed by atoms with Gasteiger partial charge in [-0.05, 0) is 43.5 Å². The van der Waals surface area contributed by atoms with Gasteiger partial charge in [-0.15, -0.1) is 0 Å². The number of fused-ring (bicyclic) bond motifs is 1. The molecule has 0 radical (unpaired) electrons. The van der Waals surface area contributed by atoms with Crippen LogP contribution in [0.25, 0.3) is 11.2 Å². The van der Waals surface area contributed by atoms with Crippen molar-refractivity contribution >= 4 is 49.4 Å². The summed E-state index contributed by atoms with van der Waals surface area (Å²) in [7, 11) is 0.936. The van der Waals surface area contributed by atoms with Crippen molar-refractivity contribution in [3.8, 4) is 0 Å². The first kappa shape index (κ1) is 29.9. The van der Waals surface area contributed by atoms with E-state index in [4.69, 9.17) is 24.9 Å². The van der Waals surface area contributed by atoms with Crippen LogP contribution in [0.2, 0.25) is 18.1 Å². The molecule has 1 unspecified atom stereocenters. The van der Waals surface area contributed by atoms with Gasteiger partial charge in [-0.2, -0.15) is 4.98 Å². The van der Waals surface area contributed by atoms with Gasteiger partial charge in [0, 0.05) is 12.3 Å². The minimum atomic E-state index is -3.52. The largest absolute Gasteiger partial charge is 0.411 e. The highest BCUT2D eigenvalue weighted by atomic mass is 35.7. The second-order valence-corrected chi connectivity index (χ2v) is 19.3. The molecule has 0 saturated carbocycles. The number of carbonyl (C=O) groups excluding carboxylic acids is 1. The molecule has 15 heteroatoms. The van der Waals surface area contributed by atoms with Crippen molar-refractivity contribution in [1.82, 2.24) is 24.2 Å². The van der Waals surface area contributed by atoms with Gasteiger partial charge in [0.15, 0.2) is 19.5 Å². The average Bonchev–Trinajstić information content (AvgIpc) is 3.35. The Morgan fingerprint density at radius 1 is 1.41 bits per heavy atom. The standard InChI is InChI=1S/C22H38ClN6O6PSi/c1-13(2)19(30)26-21-25-18-17(20(31)27-21)24-12-29(18)16-10-14(35-37(8,9)22(3,4)5)15(34-16)11-33-36(23,32)28(6)7/h12-16H,10-11H2,1-9H3,(H2,25,26,27,30,31)/t14-,15+,16+,36?/m0/s1. The highest BCUT2D eigenvalue weighted by molar-refractivity contribution is 7.83. The fraction of sp³-hybridized carbons (Fsp3) is 0.727. The molecule has 1 amide bonds. The Labute approximate surface area is 222 Å². The van der Waals surface area contributed by atoms with E-state index in [1.165, 1.54) is 11.0 Å². The number of anilines is 1. The summed E-state index contributed by atoms with van der Waals surface area (Å²) >= 11 is 6.09. The fourth-order valence-corrected chi connectivity index (χ4v) is 5.53. The van der Waals surface area contributed by atoms with Crippen LogP contribution in [0.1, 0.15) is 47.3 Å². The van der Waals surface area contributed by atoms with Gasteiger partial charge in [-0.25, -0.2) is 9.65 Å². The van der Waals surface area contributed by atoms with Crippen LogP contribution in [0.5, 0.6) is 0 Å². The zero-order chi connectivity index (χ0) is 27.9. The second-order valence-electron chi connectivity index (χ2n) is 11.3. The number of carbonyl (C=O) groups is 1. The SMILES string of the molecule is CC(C)C(=O)Nc1nc2c(ncn2[C@H]2C[C@H](O[Si](C)(C)C(C)(C)C)[C@@H](COP(=O)(Cl)N(C)C)O2)c(=O)[nH]1. The van der Waals surface area contributed by atoms with Crippen LogP contribution in [-0.2, 0) is 23.0 Å². The maximum absolute atomic E-state index is 12.6. The number of amides is 1. The second kappa shape index (κ2) is 10.9. The van der Waals surface area contributed by atoms with Crippen LogP contribution in [0.15, 0.2) is 11.1 Å². The Morgan fingerprint density at radius 2 is 2.05 bits per heavy atom. The third-order valence-corrected chi connectivity index (χ3v) is 13.9. The first-order valence-electron chi connectivity index (χ1n) is 12.2. The molecule has 2 N–H and O–H groups in total. The summed E-state index contributed by atoms with van der Waals surface area (Å²) in [5.74, 6) is -0.547. The number of aromatic nitrogens is 4. The van der Waals surface area contributed by atoms with E-state index in [-0.39, 0.29) is 46.7 Å². The molecular formula is C22H38ClN6O6PSi. The summed E-state index contributed by atoms with van der Waals surface area (Å²) in [5.41, 5.74) is -0.105. The first-order chi connectivity index (χ1) is 16.9. The number of ether oxygens (including phenoxy) is 1. The molecule has 37 heavy (non-hydrogen) atoms. The number of aromatic amines is 1. The number of hydrogen-bond donors (Lipinski definition) is 2. The minimum Gasteiger partial charge on any atom is -0.411 e. The number of imidazole rings is 1. The van der Waals surface area contributed by atoms with Gasteiger partial charge >= 0.3 is 6.87 Å². The van der Waals surface area contributed by atoms with Crippen LogP contribution in [0, 0.1) is 5.92 Å². The molecule has 3 heterocycles. The molecule has 0 aliphatic carbocycles. The van der Waals surface area contributed by atoms with E-state index < -0.39 is 33.1 Å². The van der Waals surface area contributed by atoms with E-state index in [2.05, 4.69) is 54.1 Å². The maximum Gasteiger partial charge on any atom is 0.362 e. The Hall–Kier alpha value is -1.60. The topological polar surface area (TPSA) is 141 Å². The number of H-pyrrole nitrogens is 1. The average molecular weight is 577 g/mol. The molecule has 12 nitrogen and oxygen atoms in total. The van der Waals surface area contributed by atoms with Crippen molar-refractivity contribution in [1.29, 1.82) is 0 Å². The third-order valence-electron chi connectivity index (χ3n) is 6.82. The number of nitrogens with one attached hydrogen (secondary N) is 2. The van der Waals surface area contributed by atoms with E-state index >= 15 is 0 Å². The minimum absolute atomic E-state index is 0.0268. The number of rotatable bonds is 9. The van der Waals surface area contributed by atoms with Crippen molar-refractivity contribution in [2.75, 3.05) is 26.0 Å². The summed E-state index contributed by atoms with van der Waals surface area (Å²) in [6.07, 6.45) is 0.341. The molecular weight excluding hydrogens is 539 g/mol. The maximum atomic E-state index is 12.6. The van der Waals surface area contributed by atoms with Crippen LogP contribution >= 0.6 is 18.1 Å². The molecule has 3 rings (SSSR count). The van der Waals surface area contributed by atoms with Gasteiger partial charge in [0.05, 0.1) is 19.0 Å². The molecule has 1 aliphatic rings. The van der Waals surface area contributed by atoms with Gasteiger partial charge < -0.3 is 13.7 Å². The quantitative estimate of drug-likeness (QED) is 0.330. The molecule has 208 valence electrons. The van der Waals surface area contributed by atoms with Crippen molar-refractivity contribution < 1.29 is 23.0 Å². The molecule has 0 bridgehead atoms. The highest BCUT2D eigenvalue weighted by Gasteiger charge is 2.46. The molecule has 1 aliphatic heterocycles. The normalized spacial score (nSPS) is 22.6. The zero-order valence-electron chi connectivity index (χ0n) is 22.9. The summed E-state index contributed by atoms with van der Waals surface area (Å²) in [5, 5.41) is 2.56. The highest BCUT2D eigenvalue weighted by Crippen LogP contribution is 2.54. The Bertz CT molecular complexity index is 1240. The molecule has 1 fully saturated rings. The Kier molecular flexibility index (Phi) is 8.80. The molecule has 2 aromatic rings. The van der Waals surface area contributed by atoms with Gasteiger partial charge in [-0.3, -0.25) is 29.0 Å². The molecule has 4 atom stereocenters. The first-order valence-corrected chi connectivity index (χ1v) is 17.5. The predicted octanol–water partition coefficient (Wildman–Crippen LogP) is 4.32. The monoisotopic (exact) mass is 576 g/mol. The van der Waals surface area contributed by atoms with E-state index in [0.717, 1.165) is 0 Å². The number of halogens is 1. The molecule has 2 aromatic heterocycles. The van der Waals surface area contributed by atoms with Gasteiger partial charge in [0.2, 0.25) is 11.9 Å². The summed E-state index contributed by atoms with van der Waals surface area (Å²) in [6.45, 7) is 10.6. The lowest BCUT2D eigenvalue weighted by molar-refractivity contribution is -0.118. The van der Waals surface area contributed by atoms with Crippen LogP contribution in [0.4, 0.5) is 5.95 Å². The Balaban J connectivity index is 1.94. The van der Waals surface area contributed by atoms with Crippen molar-refractivity contribution in [2.24, 2.45) is 5.92 Å². The smallest absolute Gasteiger partial charge is 0.362 e. The van der Waals surface area contributed by atoms with E-state index in [1.54, 1.807) is 32.5 Å². The zero-order valence-corrected chi connectivity index (χ0v) is 25.5. The number of nitrogens with zero attached hydrogens (tertiary/aromatic N) is 4. The third kappa shape index (κ3) is 6.70. The van der Waals surface area contributed by atoms with E-state index in [9.17, 15) is 14.2 Å². The van der Waals surface area contributed by atoms with Crippen LogP contribution in [0.3, 0.4) is 0 Å². The van der Waals surface area contributed by atoms with Crippen molar-refractivity contribution in [3.05, 3.63) is 16.7 Å².